The van der Waals surface area contributed by atoms with Gasteiger partial charge in [-0.1, -0.05) is 32.0 Å². The van der Waals surface area contributed by atoms with Crippen molar-refractivity contribution in [2.45, 2.75) is 20.3 Å². The molecule has 0 N–H and O–H groups in total. The Morgan fingerprint density at radius 3 is 2.73 bits per heavy atom. The fourth-order valence-corrected chi connectivity index (χ4v) is 1.97. The van der Waals surface area contributed by atoms with Crippen LogP contribution in [0.3, 0.4) is 0 Å². The van der Waals surface area contributed by atoms with Gasteiger partial charge in [-0.15, -0.1) is 0 Å². The van der Waals surface area contributed by atoms with Crippen LogP contribution >= 0.6 is 0 Å². The van der Waals surface area contributed by atoms with E-state index in [1.54, 1.807) is 4.57 Å². The number of hydrogen-bond acceptors (Lipinski definition) is 1. The molecule has 0 fully saturated rings. The molecule has 78 valence electrons. The van der Waals surface area contributed by atoms with E-state index in [4.69, 9.17) is 0 Å². The highest BCUT2D eigenvalue weighted by atomic mass is 16.1. The number of hydrogen-bond donors (Lipinski definition) is 0. The van der Waals surface area contributed by atoms with Crippen molar-refractivity contribution in [2.24, 2.45) is 5.92 Å². The molecule has 2 aromatic rings. The summed E-state index contributed by atoms with van der Waals surface area (Å²) in [6.45, 7) is 4.38. The van der Waals surface area contributed by atoms with Crippen molar-refractivity contribution in [3.05, 3.63) is 36.0 Å². The van der Waals surface area contributed by atoms with Crippen LogP contribution in [-0.4, -0.2) is 11.0 Å². The maximum atomic E-state index is 10.9. The van der Waals surface area contributed by atoms with E-state index in [9.17, 15) is 4.79 Å². The van der Waals surface area contributed by atoms with E-state index < -0.39 is 0 Å². The summed E-state index contributed by atoms with van der Waals surface area (Å²) in [5.41, 5.74) is 2.26. The summed E-state index contributed by atoms with van der Waals surface area (Å²) in [7, 11) is 0. The number of rotatable bonds is 3. The molecule has 1 aromatic carbocycles. The van der Waals surface area contributed by atoms with Crippen LogP contribution in [0.15, 0.2) is 30.5 Å². The van der Waals surface area contributed by atoms with Gasteiger partial charge in [0, 0.05) is 11.6 Å². The second kappa shape index (κ2) is 3.89. The Morgan fingerprint density at radius 2 is 2.07 bits per heavy atom. The standard InChI is InChI=1S/C13H15NO/c1-10(2)7-11-8-14(9-15)13-6-4-3-5-12(11)13/h3-6,8-10H,7H2,1-2H3. The Hall–Kier alpha value is -1.57. The molecule has 2 rings (SSSR count). The van der Waals surface area contributed by atoms with Gasteiger partial charge < -0.3 is 0 Å². The summed E-state index contributed by atoms with van der Waals surface area (Å²) in [6.07, 6.45) is 3.82. The van der Waals surface area contributed by atoms with Crippen LogP contribution in [-0.2, 0) is 11.2 Å². The highest BCUT2D eigenvalue weighted by Crippen LogP contribution is 2.22. The fourth-order valence-electron chi connectivity index (χ4n) is 1.97. The molecular weight excluding hydrogens is 186 g/mol. The first kappa shape index (κ1) is 9.97. The minimum Gasteiger partial charge on any atom is -0.290 e. The molecule has 0 saturated carbocycles. The molecule has 0 aliphatic carbocycles. The van der Waals surface area contributed by atoms with E-state index in [0.717, 1.165) is 18.3 Å². The highest BCUT2D eigenvalue weighted by molar-refractivity contribution is 5.88. The lowest BCUT2D eigenvalue weighted by Crippen LogP contribution is -1.93. The molecule has 0 amide bonds. The molecule has 0 atom stereocenters. The van der Waals surface area contributed by atoms with Crippen molar-refractivity contribution in [3.63, 3.8) is 0 Å². The number of benzene rings is 1. The molecule has 2 heteroatoms. The summed E-state index contributed by atoms with van der Waals surface area (Å²) in [5.74, 6) is 0.607. The van der Waals surface area contributed by atoms with Crippen LogP contribution in [0.25, 0.3) is 10.9 Å². The van der Waals surface area contributed by atoms with Gasteiger partial charge >= 0.3 is 0 Å². The predicted molar refractivity (Wildman–Crippen MR) is 62.6 cm³/mol. The van der Waals surface area contributed by atoms with Crippen molar-refractivity contribution in [1.82, 2.24) is 4.57 Å². The average Bonchev–Trinajstić information content (AvgIpc) is 2.56. The molecule has 1 heterocycles. The Labute approximate surface area is 89.5 Å². The third-order valence-electron chi connectivity index (χ3n) is 2.56. The number of fused-ring (bicyclic) bond motifs is 1. The Bertz CT molecular complexity index is 482. The zero-order chi connectivity index (χ0) is 10.8. The summed E-state index contributed by atoms with van der Waals surface area (Å²) < 4.78 is 1.66. The van der Waals surface area contributed by atoms with E-state index in [1.807, 2.05) is 24.4 Å². The maximum Gasteiger partial charge on any atom is 0.218 e. The fraction of sp³-hybridized carbons (Fsp3) is 0.308. The lowest BCUT2D eigenvalue weighted by molar-refractivity contribution is 0.548. The SMILES string of the molecule is CC(C)Cc1cn(C=O)c2ccccc12. The van der Waals surface area contributed by atoms with Gasteiger partial charge in [0.2, 0.25) is 6.41 Å². The Morgan fingerprint density at radius 1 is 1.33 bits per heavy atom. The monoisotopic (exact) mass is 201 g/mol. The molecule has 0 unspecified atom stereocenters. The van der Waals surface area contributed by atoms with E-state index in [2.05, 4.69) is 19.9 Å². The quantitative estimate of drug-likeness (QED) is 0.700. The Kier molecular flexibility index (Phi) is 2.58. The zero-order valence-corrected chi connectivity index (χ0v) is 9.10. The number of carbonyl (C=O) groups excluding carboxylic acids is 1. The topological polar surface area (TPSA) is 22.0 Å². The first-order valence-electron chi connectivity index (χ1n) is 5.26. The minimum atomic E-state index is 0.607. The van der Waals surface area contributed by atoms with E-state index in [0.29, 0.717) is 5.92 Å². The molecule has 0 aliphatic rings. The molecule has 1 aromatic heterocycles. The summed E-state index contributed by atoms with van der Waals surface area (Å²) in [5, 5.41) is 1.19. The van der Waals surface area contributed by atoms with Crippen molar-refractivity contribution in [1.29, 1.82) is 0 Å². The molecular formula is C13H15NO. The molecule has 0 radical (unpaired) electrons. The van der Waals surface area contributed by atoms with Gasteiger partial charge in [-0.3, -0.25) is 9.36 Å². The zero-order valence-electron chi connectivity index (χ0n) is 9.10. The number of carbonyl (C=O) groups is 1. The van der Waals surface area contributed by atoms with E-state index >= 15 is 0 Å². The minimum absolute atomic E-state index is 0.607. The molecule has 0 spiro atoms. The second-order valence-electron chi connectivity index (χ2n) is 4.28. The van der Waals surface area contributed by atoms with Crippen LogP contribution in [0.2, 0.25) is 0 Å². The molecule has 15 heavy (non-hydrogen) atoms. The third-order valence-corrected chi connectivity index (χ3v) is 2.56. The molecule has 2 nitrogen and oxygen atoms in total. The van der Waals surface area contributed by atoms with Gasteiger partial charge in [0.15, 0.2) is 0 Å². The van der Waals surface area contributed by atoms with Gasteiger partial charge in [-0.25, -0.2) is 0 Å². The average molecular weight is 201 g/mol. The second-order valence-corrected chi connectivity index (χ2v) is 4.28. The Balaban J connectivity index is 2.59. The predicted octanol–water partition coefficient (Wildman–Crippen LogP) is 2.88. The molecule has 0 aliphatic heterocycles. The van der Waals surface area contributed by atoms with Crippen LogP contribution in [0.4, 0.5) is 0 Å². The van der Waals surface area contributed by atoms with Crippen molar-refractivity contribution < 1.29 is 4.79 Å². The van der Waals surface area contributed by atoms with Crippen LogP contribution in [0.1, 0.15) is 19.4 Å². The van der Waals surface area contributed by atoms with Gasteiger partial charge in [0.1, 0.15) is 0 Å². The van der Waals surface area contributed by atoms with Crippen molar-refractivity contribution in [3.8, 4) is 0 Å². The van der Waals surface area contributed by atoms with E-state index in [-0.39, 0.29) is 0 Å². The van der Waals surface area contributed by atoms with Crippen LogP contribution in [0, 0.1) is 5.92 Å². The van der Waals surface area contributed by atoms with Gasteiger partial charge in [-0.2, -0.15) is 0 Å². The largest absolute Gasteiger partial charge is 0.290 e. The molecule has 0 saturated heterocycles. The summed E-state index contributed by atoms with van der Waals surface area (Å²) >= 11 is 0. The van der Waals surface area contributed by atoms with Crippen LogP contribution < -0.4 is 0 Å². The van der Waals surface area contributed by atoms with E-state index in [1.165, 1.54) is 10.9 Å². The summed E-state index contributed by atoms with van der Waals surface area (Å²) in [6, 6.07) is 8.03. The highest BCUT2D eigenvalue weighted by Gasteiger charge is 2.08. The van der Waals surface area contributed by atoms with Gasteiger partial charge in [-0.05, 0) is 24.0 Å². The number of para-hydroxylation sites is 1. The molecule has 0 bridgehead atoms. The maximum absolute atomic E-state index is 10.9. The summed E-state index contributed by atoms with van der Waals surface area (Å²) in [4.78, 5) is 10.9. The van der Waals surface area contributed by atoms with Crippen molar-refractivity contribution in [2.75, 3.05) is 0 Å². The lowest BCUT2D eigenvalue weighted by Gasteiger charge is -2.01. The normalized spacial score (nSPS) is 11.1. The first-order valence-corrected chi connectivity index (χ1v) is 5.26. The van der Waals surface area contributed by atoms with Gasteiger partial charge in [0.05, 0.1) is 5.52 Å². The first-order chi connectivity index (χ1) is 7.22. The smallest absolute Gasteiger partial charge is 0.218 e. The van der Waals surface area contributed by atoms with Gasteiger partial charge in [0.25, 0.3) is 0 Å². The number of nitrogens with zero attached hydrogens (tertiary/aromatic N) is 1. The number of aromatic nitrogens is 1. The third kappa shape index (κ3) is 1.80. The van der Waals surface area contributed by atoms with Crippen LogP contribution in [0.5, 0.6) is 0 Å². The van der Waals surface area contributed by atoms with Crippen molar-refractivity contribution >= 4 is 17.3 Å². The lowest BCUT2D eigenvalue weighted by atomic mass is 10.0.